The molecule has 0 radical (unpaired) electrons. The number of aliphatic hydroxyl groups is 1. The lowest BCUT2D eigenvalue weighted by Gasteiger charge is -2.28. The fourth-order valence-electron chi connectivity index (χ4n) is 2.89. The summed E-state index contributed by atoms with van der Waals surface area (Å²) >= 11 is 1.64. The van der Waals surface area contributed by atoms with Crippen LogP contribution in [0.5, 0.6) is 0 Å². The van der Waals surface area contributed by atoms with E-state index >= 15 is 0 Å². The predicted molar refractivity (Wildman–Crippen MR) is 85.9 cm³/mol. The molecule has 114 valence electrons. The van der Waals surface area contributed by atoms with E-state index in [1.807, 2.05) is 23.4 Å². The van der Waals surface area contributed by atoms with Crippen LogP contribution in [0.3, 0.4) is 0 Å². The van der Waals surface area contributed by atoms with Gasteiger partial charge in [0.05, 0.1) is 13.2 Å². The van der Waals surface area contributed by atoms with E-state index in [-0.39, 0.29) is 17.9 Å². The van der Waals surface area contributed by atoms with Crippen molar-refractivity contribution in [2.45, 2.75) is 45.6 Å². The third-order valence-corrected chi connectivity index (χ3v) is 5.01. The monoisotopic (exact) mass is 305 g/mol. The van der Waals surface area contributed by atoms with Gasteiger partial charge in [0.1, 0.15) is 0 Å². The third kappa shape index (κ3) is 4.09. The molecule has 4 heteroatoms. The van der Waals surface area contributed by atoms with E-state index in [9.17, 15) is 4.79 Å². The minimum Gasteiger partial charge on any atom is -0.395 e. The first-order chi connectivity index (χ1) is 10.0. The highest BCUT2D eigenvalue weighted by Crippen LogP contribution is 2.39. The number of carbonyl (C=O) groups excluding carboxylic acids is 1. The van der Waals surface area contributed by atoms with Crippen molar-refractivity contribution in [2.24, 2.45) is 5.41 Å². The minimum atomic E-state index is -0.157. The number of hydrogen-bond donors (Lipinski definition) is 1. The van der Waals surface area contributed by atoms with Crippen molar-refractivity contribution < 1.29 is 9.90 Å². The summed E-state index contributed by atoms with van der Waals surface area (Å²) in [6.07, 6.45) is 4.86. The first kappa shape index (κ1) is 16.1. The van der Waals surface area contributed by atoms with Crippen molar-refractivity contribution in [3.8, 4) is 11.8 Å². The van der Waals surface area contributed by atoms with Gasteiger partial charge in [0.25, 0.3) is 0 Å². The van der Waals surface area contributed by atoms with E-state index in [0.29, 0.717) is 13.0 Å². The second-order valence-corrected chi connectivity index (χ2v) is 7.00. The quantitative estimate of drug-likeness (QED) is 0.869. The van der Waals surface area contributed by atoms with Gasteiger partial charge < -0.3 is 10.0 Å². The van der Waals surface area contributed by atoms with Crippen molar-refractivity contribution in [3.05, 3.63) is 21.9 Å². The summed E-state index contributed by atoms with van der Waals surface area (Å²) < 4.78 is 0. The topological polar surface area (TPSA) is 40.5 Å². The molecule has 1 aliphatic carbocycles. The van der Waals surface area contributed by atoms with Crippen LogP contribution < -0.4 is 0 Å². The second kappa shape index (κ2) is 7.11. The summed E-state index contributed by atoms with van der Waals surface area (Å²) in [5.41, 5.74) is 0.812. The highest BCUT2D eigenvalue weighted by molar-refractivity contribution is 7.10. The summed E-state index contributed by atoms with van der Waals surface area (Å²) in [7, 11) is 1.89. The number of carbonyl (C=O) groups is 1. The fourth-order valence-corrected chi connectivity index (χ4v) is 3.75. The number of rotatable bonds is 4. The molecule has 0 unspecified atom stereocenters. The predicted octanol–water partition coefficient (Wildman–Crippen LogP) is 3.02. The molecule has 0 aromatic carbocycles. The summed E-state index contributed by atoms with van der Waals surface area (Å²) in [6.45, 7) is 2.85. The molecular weight excluding hydrogens is 282 g/mol. The summed E-state index contributed by atoms with van der Waals surface area (Å²) in [4.78, 5) is 15.6. The molecule has 0 bridgehead atoms. The second-order valence-electron chi connectivity index (χ2n) is 6.01. The normalized spacial score (nSPS) is 16.3. The molecule has 0 spiro atoms. The van der Waals surface area contributed by atoms with Crippen LogP contribution in [-0.4, -0.2) is 29.6 Å². The lowest BCUT2D eigenvalue weighted by Crippen LogP contribution is -2.38. The van der Waals surface area contributed by atoms with Crippen LogP contribution in [0.1, 0.15) is 49.5 Å². The maximum absolute atomic E-state index is 12.6. The Morgan fingerprint density at radius 2 is 2.19 bits per heavy atom. The van der Waals surface area contributed by atoms with E-state index in [2.05, 4.69) is 18.8 Å². The van der Waals surface area contributed by atoms with Crippen LogP contribution in [0.4, 0.5) is 0 Å². The van der Waals surface area contributed by atoms with E-state index < -0.39 is 0 Å². The van der Waals surface area contributed by atoms with Gasteiger partial charge in [-0.1, -0.05) is 31.6 Å². The molecule has 1 aromatic rings. The van der Waals surface area contributed by atoms with Gasteiger partial charge in [0.15, 0.2) is 0 Å². The number of hydrogen-bond acceptors (Lipinski definition) is 3. The Hall–Kier alpha value is -1.31. The molecule has 21 heavy (non-hydrogen) atoms. The molecule has 1 saturated carbocycles. The smallest absolute Gasteiger partial charge is 0.228 e. The van der Waals surface area contributed by atoms with Crippen LogP contribution in [-0.2, 0) is 11.3 Å². The molecule has 1 fully saturated rings. The maximum atomic E-state index is 12.6. The van der Waals surface area contributed by atoms with Crippen molar-refractivity contribution in [1.82, 2.24) is 4.90 Å². The van der Waals surface area contributed by atoms with Crippen molar-refractivity contribution >= 4 is 17.2 Å². The standard InChI is InChI=1S/C17H23NO2S/c1-17(8-4-5-9-17)16(20)18(2)12-15-11-14(13-21-15)7-3-6-10-19/h11,13,19H,4-6,8-10,12H2,1-2H3. The largest absolute Gasteiger partial charge is 0.395 e. The molecule has 1 N–H and O–H groups in total. The lowest BCUT2D eigenvalue weighted by molar-refractivity contribution is -0.140. The molecule has 1 aliphatic rings. The van der Waals surface area contributed by atoms with Crippen molar-refractivity contribution in [3.63, 3.8) is 0 Å². The Morgan fingerprint density at radius 1 is 1.48 bits per heavy atom. The van der Waals surface area contributed by atoms with Crippen molar-refractivity contribution in [2.75, 3.05) is 13.7 Å². The molecule has 0 aliphatic heterocycles. The van der Waals surface area contributed by atoms with Gasteiger partial charge in [-0.3, -0.25) is 4.79 Å². The molecule has 1 amide bonds. The molecule has 1 aromatic heterocycles. The zero-order valence-electron chi connectivity index (χ0n) is 12.8. The number of amides is 1. The Labute approximate surface area is 131 Å². The Bertz CT molecular complexity index is 547. The summed E-state index contributed by atoms with van der Waals surface area (Å²) in [6, 6.07) is 2.04. The molecule has 2 rings (SSSR count). The third-order valence-electron chi connectivity index (χ3n) is 4.09. The summed E-state index contributed by atoms with van der Waals surface area (Å²) in [5.74, 6) is 6.21. The highest BCUT2D eigenvalue weighted by atomic mass is 32.1. The SMILES string of the molecule is CN(Cc1cc(C#CCCO)cs1)C(=O)C1(C)CCCC1. The minimum absolute atomic E-state index is 0.0970. The van der Waals surface area contributed by atoms with Gasteiger partial charge in [-0.05, 0) is 18.9 Å². The Kier molecular flexibility index (Phi) is 5.44. The zero-order chi connectivity index (χ0) is 15.3. The van der Waals surface area contributed by atoms with E-state index in [1.54, 1.807) is 11.3 Å². The number of aliphatic hydroxyl groups excluding tert-OH is 1. The van der Waals surface area contributed by atoms with E-state index in [0.717, 1.165) is 23.3 Å². The van der Waals surface area contributed by atoms with Crippen LogP contribution in [0, 0.1) is 17.3 Å². The van der Waals surface area contributed by atoms with Crippen molar-refractivity contribution in [1.29, 1.82) is 0 Å². The number of nitrogens with zero attached hydrogens (tertiary/aromatic N) is 1. The van der Waals surface area contributed by atoms with Gasteiger partial charge in [-0.15, -0.1) is 11.3 Å². The first-order valence-electron chi connectivity index (χ1n) is 7.48. The molecule has 0 saturated heterocycles. The fraction of sp³-hybridized carbons (Fsp3) is 0.588. The molecule has 0 atom stereocenters. The van der Waals surface area contributed by atoms with Gasteiger partial charge in [-0.2, -0.15) is 0 Å². The van der Waals surface area contributed by atoms with Crippen LogP contribution >= 0.6 is 11.3 Å². The van der Waals surface area contributed by atoms with Crippen LogP contribution in [0.2, 0.25) is 0 Å². The Balaban J connectivity index is 1.95. The number of thiophene rings is 1. The molecule has 3 nitrogen and oxygen atoms in total. The Morgan fingerprint density at radius 3 is 2.86 bits per heavy atom. The van der Waals surface area contributed by atoms with E-state index in [4.69, 9.17) is 5.11 Å². The average Bonchev–Trinajstić information content (AvgIpc) is 3.08. The van der Waals surface area contributed by atoms with Crippen LogP contribution in [0.25, 0.3) is 0 Å². The molecular formula is C17H23NO2S. The van der Waals surface area contributed by atoms with E-state index in [1.165, 1.54) is 12.8 Å². The van der Waals surface area contributed by atoms with Gasteiger partial charge >= 0.3 is 0 Å². The van der Waals surface area contributed by atoms with Gasteiger partial charge in [0.2, 0.25) is 5.91 Å². The lowest BCUT2D eigenvalue weighted by atomic mass is 9.87. The molecule has 1 heterocycles. The maximum Gasteiger partial charge on any atom is 0.228 e. The summed E-state index contributed by atoms with van der Waals surface area (Å²) in [5, 5.41) is 10.7. The van der Waals surface area contributed by atoms with Gasteiger partial charge in [-0.25, -0.2) is 0 Å². The zero-order valence-corrected chi connectivity index (χ0v) is 13.6. The first-order valence-corrected chi connectivity index (χ1v) is 8.36. The average molecular weight is 305 g/mol. The van der Waals surface area contributed by atoms with Gasteiger partial charge in [0, 0.05) is 34.7 Å². The highest BCUT2D eigenvalue weighted by Gasteiger charge is 2.38. The van der Waals surface area contributed by atoms with Crippen LogP contribution in [0.15, 0.2) is 11.4 Å².